The zero-order valence-corrected chi connectivity index (χ0v) is 21.3. The van der Waals surface area contributed by atoms with E-state index in [1.807, 2.05) is 5.32 Å². The van der Waals surface area contributed by atoms with Gasteiger partial charge in [0.2, 0.25) is 11.9 Å². The van der Waals surface area contributed by atoms with Crippen LogP contribution in [-0.2, 0) is 32.7 Å². The number of hydrogen-bond donors (Lipinski definition) is 7. The lowest BCUT2D eigenvalue weighted by Crippen LogP contribution is -2.56. The van der Waals surface area contributed by atoms with Crippen LogP contribution in [0.25, 0.3) is 0 Å². The highest BCUT2D eigenvalue weighted by Gasteiger charge is 2.53. The molecule has 0 bridgehead atoms. The van der Waals surface area contributed by atoms with Gasteiger partial charge in [-0.05, 0) is 0 Å². The smallest absolute Gasteiger partial charge is 0.394 e. The molecule has 5 heterocycles. The minimum Gasteiger partial charge on any atom is -0.394 e. The van der Waals surface area contributed by atoms with E-state index in [2.05, 4.69) is 15.0 Å². The van der Waals surface area contributed by atoms with Crippen LogP contribution in [0.4, 0.5) is 4.79 Å². The fraction of sp³-hybridized carbons (Fsp3) is 0.684. The molecule has 0 radical (unpaired) electrons. The number of phosphoric ester groups is 1. The summed E-state index contributed by atoms with van der Waals surface area (Å²) in [6.07, 6.45) is -11.0. The molecule has 0 aromatic rings. The van der Waals surface area contributed by atoms with Crippen LogP contribution in [0.3, 0.4) is 0 Å². The molecule has 8 N–H and O–H groups in total. The number of aliphatic imine (C=N–C) groups is 3. The average Bonchev–Trinajstić information content (AvgIpc) is 3.53. The number of rotatable bonds is 8. The lowest BCUT2D eigenvalue weighted by molar-refractivity contribution is -0.125. The molecule has 0 spiro atoms. The molecular formula is C19H26N7O13P. The van der Waals surface area contributed by atoms with Crippen LogP contribution in [0.1, 0.15) is 6.42 Å². The molecule has 5 aliphatic heterocycles. The highest BCUT2D eigenvalue weighted by Crippen LogP contribution is 2.48. The number of amidine groups is 1. The van der Waals surface area contributed by atoms with Crippen molar-refractivity contribution in [1.82, 2.24) is 15.1 Å². The number of urea groups is 1. The third-order valence-electron chi connectivity index (χ3n) is 6.69. The summed E-state index contributed by atoms with van der Waals surface area (Å²) in [5.74, 6) is -1.60. The topological polar surface area (TPSA) is 288 Å². The van der Waals surface area contributed by atoms with Gasteiger partial charge >= 0.3 is 13.9 Å². The Morgan fingerprint density at radius 1 is 1.10 bits per heavy atom. The number of aliphatic hydroxyl groups excluding tert-OH is 4. The van der Waals surface area contributed by atoms with Crippen LogP contribution in [0.5, 0.6) is 0 Å². The Morgan fingerprint density at radius 2 is 1.82 bits per heavy atom. The van der Waals surface area contributed by atoms with Crippen molar-refractivity contribution in [2.45, 2.75) is 61.5 Å². The number of nitrogens with zero attached hydrogens (tertiary/aromatic N) is 5. The SMILES string of the molecule is NC1=NC(=O)C2N=CN(C3OC(CO)C(OP(=O)(O)OCC4OC(N5CCC(=O)NC5=O)C(O)C4O)C3O)C2=N1. The van der Waals surface area contributed by atoms with Gasteiger partial charge in [0.15, 0.2) is 24.3 Å². The Hall–Kier alpha value is -2.91. The number of imide groups is 1. The molecule has 0 aliphatic carbocycles. The molecule has 40 heavy (non-hydrogen) atoms. The van der Waals surface area contributed by atoms with E-state index in [1.165, 1.54) is 0 Å². The Kier molecular flexibility index (Phi) is 7.74. The molecule has 21 heteroatoms. The number of nitrogens with one attached hydrogen (secondary N) is 1. The average molecular weight is 591 g/mol. The number of hydrogen-bond acceptors (Lipinski definition) is 16. The van der Waals surface area contributed by atoms with E-state index in [-0.39, 0.29) is 24.8 Å². The van der Waals surface area contributed by atoms with Gasteiger partial charge in [0.25, 0.3) is 5.91 Å². The first-order valence-corrected chi connectivity index (χ1v) is 13.4. The summed E-state index contributed by atoms with van der Waals surface area (Å²) in [6, 6.07) is -1.98. The summed E-state index contributed by atoms with van der Waals surface area (Å²) in [6.45, 7) is -1.66. The Labute approximate surface area is 224 Å². The largest absolute Gasteiger partial charge is 0.472 e. The second kappa shape index (κ2) is 10.8. The minimum absolute atomic E-state index is 0.0189. The van der Waals surface area contributed by atoms with Gasteiger partial charge in [-0.15, -0.1) is 0 Å². The van der Waals surface area contributed by atoms with Gasteiger partial charge in [-0.1, -0.05) is 0 Å². The number of amides is 4. The highest BCUT2D eigenvalue weighted by molar-refractivity contribution is 7.47. The first kappa shape index (κ1) is 28.6. The van der Waals surface area contributed by atoms with Crippen molar-refractivity contribution in [3.63, 3.8) is 0 Å². The van der Waals surface area contributed by atoms with Crippen molar-refractivity contribution in [1.29, 1.82) is 0 Å². The lowest BCUT2D eigenvalue weighted by atomic mass is 10.1. The maximum atomic E-state index is 12.7. The molecule has 5 aliphatic rings. The van der Waals surface area contributed by atoms with Crippen LogP contribution >= 0.6 is 7.82 Å². The maximum Gasteiger partial charge on any atom is 0.472 e. The van der Waals surface area contributed by atoms with Crippen LogP contribution in [0, 0.1) is 0 Å². The van der Waals surface area contributed by atoms with Crippen molar-refractivity contribution < 1.29 is 62.8 Å². The molecule has 10 atom stereocenters. The van der Waals surface area contributed by atoms with E-state index < -0.39 is 94.0 Å². The Balaban J connectivity index is 1.21. The van der Waals surface area contributed by atoms with Gasteiger partial charge in [-0.2, -0.15) is 9.98 Å². The van der Waals surface area contributed by atoms with E-state index >= 15 is 0 Å². The standard InChI is InChI=1S/C19H26N7O13P/c20-18-23-14-9(15(32)24-18)21-5-26(14)17-12(31)13(6(3-27)37-17)39-40(34,35)36-4-7-10(29)11(30)16(38-7)25-2-1-8(28)22-19(25)33/h5-7,9-13,16-17,27,29-31H,1-4H2,(H,34,35)(H2,20,24,32)(H,22,28,33). The fourth-order valence-corrected chi connectivity index (χ4v) is 5.70. The quantitative estimate of drug-likeness (QED) is 0.130. The molecule has 4 amide bonds. The number of aliphatic hydroxyl groups is 4. The Bertz CT molecular complexity index is 1210. The van der Waals surface area contributed by atoms with E-state index in [1.54, 1.807) is 0 Å². The predicted octanol–water partition coefficient (Wildman–Crippen LogP) is -5.08. The summed E-state index contributed by atoms with van der Waals surface area (Å²) >= 11 is 0. The van der Waals surface area contributed by atoms with Crippen LogP contribution in [0.2, 0.25) is 0 Å². The minimum atomic E-state index is -5.04. The van der Waals surface area contributed by atoms with Crippen molar-refractivity contribution in [3.05, 3.63) is 0 Å². The molecular weight excluding hydrogens is 565 g/mol. The molecule has 0 aromatic heterocycles. The molecule has 0 saturated carbocycles. The molecule has 3 fully saturated rings. The summed E-state index contributed by atoms with van der Waals surface area (Å²) < 4.78 is 33.8. The van der Waals surface area contributed by atoms with Crippen LogP contribution in [-0.4, -0.2) is 146 Å². The van der Waals surface area contributed by atoms with E-state index in [0.717, 1.165) is 16.1 Å². The second-order valence-electron chi connectivity index (χ2n) is 9.27. The van der Waals surface area contributed by atoms with Crippen LogP contribution < -0.4 is 11.1 Å². The Morgan fingerprint density at radius 3 is 2.52 bits per heavy atom. The van der Waals surface area contributed by atoms with Gasteiger partial charge in [0, 0.05) is 13.0 Å². The number of nitrogens with two attached hydrogens (primary N) is 1. The number of carbonyl (C=O) groups is 3. The van der Waals surface area contributed by atoms with Gasteiger partial charge < -0.3 is 40.5 Å². The lowest BCUT2D eigenvalue weighted by Gasteiger charge is -2.32. The number of carbonyl (C=O) groups excluding carboxylic acids is 3. The normalized spacial score (nSPS) is 39.2. The van der Waals surface area contributed by atoms with Crippen molar-refractivity contribution >= 4 is 43.8 Å². The molecule has 220 valence electrons. The monoisotopic (exact) mass is 591 g/mol. The summed E-state index contributed by atoms with van der Waals surface area (Å²) in [4.78, 5) is 59.3. The van der Waals surface area contributed by atoms with Crippen molar-refractivity contribution in [2.75, 3.05) is 19.8 Å². The molecule has 20 nitrogen and oxygen atoms in total. The van der Waals surface area contributed by atoms with Crippen molar-refractivity contribution in [2.24, 2.45) is 20.7 Å². The second-order valence-corrected chi connectivity index (χ2v) is 10.7. The molecule has 5 rings (SSSR count). The zero-order chi connectivity index (χ0) is 28.9. The van der Waals surface area contributed by atoms with Gasteiger partial charge in [0.1, 0.15) is 36.6 Å². The van der Waals surface area contributed by atoms with E-state index in [9.17, 15) is 44.3 Å². The number of fused-ring (bicyclic) bond motifs is 1. The molecule has 3 saturated heterocycles. The van der Waals surface area contributed by atoms with Gasteiger partial charge in [-0.3, -0.25) is 38.7 Å². The third-order valence-corrected chi connectivity index (χ3v) is 7.67. The summed E-state index contributed by atoms with van der Waals surface area (Å²) in [7, 11) is -5.04. The van der Waals surface area contributed by atoms with Gasteiger partial charge in [0.05, 0.1) is 19.6 Å². The highest BCUT2D eigenvalue weighted by atomic mass is 31.2. The third kappa shape index (κ3) is 5.26. The maximum absolute atomic E-state index is 12.7. The number of phosphoric acid groups is 1. The summed E-state index contributed by atoms with van der Waals surface area (Å²) in [5, 5.41) is 43.3. The zero-order valence-electron chi connectivity index (χ0n) is 20.4. The number of ether oxygens (including phenoxy) is 2. The van der Waals surface area contributed by atoms with Crippen molar-refractivity contribution in [3.8, 4) is 0 Å². The first-order valence-electron chi connectivity index (χ1n) is 11.9. The predicted molar refractivity (Wildman–Crippen MR) is 126 cm³/mol. The first-order chi connectivity index (χ1) is 18.9. The van der Waals surface area contributed by atoms with E-state index in [4.69, 9.17) is 24.3 Å². The fourth-order valence-electron chi connectivity index (χ4n) is 4.73. The molecule has 10 unspecified atom stereocenters. The number of guanidine groups is 1. The van der Waals surface area contributed by atoms with Gasteiger partial charge in [-0.25, -0.2) is 9.36 Å². The summed E-state index contributed by atoms with van der Waals surface area (Å²) in [5.41, 5.74) is 5.53. The van der Waals surface area contributed by atoms with Crippen LogP contribution in [0.15, 0.2) is 15.0 Å². The van der Waals surface area contributed by atoms with E-state index in [0.29, 0.717) is 0 Å². The molecule has 0 aromatic carbocycles.